The third-order valence-corrected chi connectivity index (χ3v) is 6.37. The summed E-state index contributed by atoms with van der Waals surface area (Å²) in [7, 11) is 0. The molecular weight excluding hydrogens is 342 g/mol. The number of hydrogen-bond donors (Lipinski definition) is 0. The lowest BCUT2D eigenvalue weighted by atomic mass is 9.89. The molecule has 3 nitrogen and oxygen atoms in total. The summed E-state index contributed by atoms with van der Waals surface area (Å²) in [4.78, 5) is 2.70. The molecule has 162 valence electrons. The van der Waals surface area contributed by atoms with Gasteiger partial charge in [0.25, 0.3) is 0 Å². The number of aromatic nitrogens is 2. The standard InChI is InChI=1S/C25H47N3/c1-22(2)24-19-26-28(21-24)20-23-13-17-27(18-14-23)16-12-10-8-6-7-9-11-15-25(3,4)5/h19,21-23H,6-18,20H2,1-5H3. The van der Waals surface area contributed by atoms with E-state index >= 15 is 0 Å². The molecule has 28 heavy (non-hydrogen) atoms. The van der Waals surface area contributed by atoms with Crippen LogP contribution in [0.5, 0.6) is 0 Å². The van der Waals surface area contributed by atoms with Crippen molar-refractivity contribution in [3.63, 3.8) is 0 Å². The predicted molar refractivity (Wildman–Crippen MR) is 122 cm³/mol. The van der Waals surface area contributed by atoms with E-state index in [1.54, 1.807) is 0 Å². The minimum absolute atomic E-state index is 0.517. The van der Waals surface area contributed by atoms with Gasteiger partial charge in [0.2, 0.25) is 0 Å². The van der Waals surface area contributed by atoms with Crippen LogP contribution < -0.4 is 0 Å². The number of nitrogens with zero attached hydrogens (tertiary/aromatic N) is 3. The molecule has 0 bridgehead atoms. The van der Waals surface area contributed by atoms with Crippen molar-refractivity contribution in [1.29, 1.82) is 0 Å². The molecule has 1 aromatic heterocycles. The van der Waals surface area contributed by atoms with Crippen molar-refractivity contribution < 1.29 is 0 Å². The topological polar surface area (TPSA) is 21.1 Å². The number of piperidine rings is 1. The van der Waals surface area contributed by atoms with Crippen LogP contribution in [0.3, 0.4) is 0 Å². The Hall–Kier alpha value is -0.830. The summed E-state index contributed by atoms with van der Waals surface area (Å²) in [5.74, 6) is 1.39. The van der Waals surface area contributed by atoms with Crippen LogP contribution in [-0.2, 0) is 6.54 Å². The summed E-state index contributed by atoms with van der Waals surface area (Å²) in [6.07, 6.45) is 18.3. The molecule has 0 atom stereocenters. The third-order valence-electron chi connectivity index (χ3n) is 6.37. The van der Waals surface area contributed by atoms with Crippen molar-refractivity contribution in [2.75, 3.05) is 19.6 Å². The van der Waals surface area contributed by atoms with Crippen LogP contribution in [0.2, 0.25) is 0 Å². The molecule has 2 heterocycles. The van der Waals surface area contributed by atoms with Crippen molar-refractivity contribution in [3.8, 4) is 0 Å². The summed E-state index contributed by atoms with van der Waals surface area (Å²) in [6, 6.07) is 0. The van der Waals surface area contributed by atoms with E-state index in [1.165, 1.54) is 89.4 Å². The van der Waals surface area contributed by atoms with Gasteiger partial charge in [-0.05, 0) is 68.1 Å². The Morgan fingerprint density at radius 2 is 1.57 bits per heavy atom. The van der Waals surface area contributed by atoms with E-state index in [0.717, 1.165) is 12.5 Å². The van der Waals surface area contributed by atoms with Crippen LogP contribution in [0.1, 0.15) is 110 Å². The summed E-state index contributed by atoms with van der Waals surface area (Å²) < 4.78 is 2.18. The molecule has 1 aliphatic heterocycles. The second-order valence-corrected chi connectivity index (χ2v) is 10.7. The van der Waals surface area contributed by atoms with Gasteiger partial charge < -0.3 is 4.90 Å². The Kier molecular flexibility index (Phi) is 10.0. The van der Waals surface area contributed by atoms with E-state index in [2.05, 4.69) is 55.5 Å². The molecule has 0 aromatic carbocycles. The third kappa shape index (κ3) is 9.58. The van der Waals surface area contributed by atoms with Crippen LogP contribution in [0.15, 0.2) is 12.4 Å². The smallest absolute Gasteiger partial charge is 0.0524 e. The highest BCUT2D eigenvalue weighted by Gasteiger charge is 2.19. The molecule has 0 N–H and O–H groups in total. The van der Waals surface area contributed by atoms with Crippen LogP contribution in [0.4, 0.5) is 0 Å². The van der Waals surface area contributed by atoms with Crippen molar-refractivity contribution in [2.24, 2.45) is 11.3 Å². The van der Waals surface area contributed by atoms with E-state index in [1.807, 2.05) is 6.20 Å². The molecule has 1 fully saturated rings. The molecule has 0 amide bonds. The van der Waals surface area contributed by atoms with Gasteiger partial charge in [-0.25, -0.2) is 0 Å². The monoisotopic (exact) mass is 389 g/mol. The lowest BCUT2D eigenvalue weighted by molar-refractivity contribution is 0.168. The molecule has 1 aliphatic rings. The summed E-state index contributed by atoms with van der Waals surface area (Å²) in [5, 5.41) is 4.56. The largest absolute Gasteiger partial charge is 0.303 e. The van der Waals surface area contributed by atoms with E-state index in [-0.39, 0.29) is 0 Å². The Labute approximate surface area is 175 Å². The van der Waals surface area contributed by atoms with Crippen LogP contribution >= 0.6 is 0 Å². The molecule has 0 spiro atoms. The summed E-state index contributed by atoms with van der Waals surface area (Å²) in [6.45, 7) is 16.6. The van der Waals surface area contributed by atoms with Crippen molar-refractivity contribution in [2.45, 2.75) is 111 Å². The SMILES string of the molecule is CC(C)c1cnn(CC2CCN(CCCCCCCCCC(C)(C)C)CC2)c1. The Bertz CT molecular complexity index is 518. The quantitative estimate of drug-likeness (QED) is 0.363. The van der Waals surface area contributed by atoms with Gasteiger partial charge >= 0.3 is 0 Å². The molecule has 0 aliphatic carbocycles. The van der Waals surface area contributed by atoms with Crippen LogP contribution in [0, 0.1) is 11.3 Å². The average molecular weight is 390 g/mol. The molecule has 1 saturated heterocycles. The van der Waals surface area contributed by atoms with E-state index in [4.69, 9.17) is 0 Å². The first-order chi connectivity index (χ1) is 13.3. The minimum atomic E-state index is 0.517. The summed E-state index contributed by atoms with van der Waals surface area (Å²) in [5.41, 5.74) is 1.88. The number of likely N-dealkylation sites (tertiary alicyclic amines) is 1. The Morgan fingerprint density at radius 1 is 0.964 bits per heavy atom. The zero-order valence-electron chi connectivity index (χ0n) is 19.6. The van der Waals surface area contributed by atoms with Gasteiger partial charge in [-0.15, -0.1) is 0 Å². The normalized spacial score (nSPS) is 16.9. The van der Waals surface area contributed by atoms with Gasteiger partial charge in [0.1, 0.15) is 0 Å². The maximum absolute atomic E-state index is 4.56. The molecule has 2 rings (SSSR count). The van der Waals surface area contributed by atoms with Crippen molar-refractivity contribution >= 4 is 0 Å². The summed E-state index contributed by atoms with van der Waals surface area (Å²) >= 11 is 0. The fourth-order valence-corrected chi connectivity index (χ4v) is 4.31. The van der Waals surface area contributed by atoms with Crippen LogP contribution in [0.25, 0.3) is 0 Å². The molecule has 3 heteroatoms. The van der Waals surface area contributed by atoms with Crippen molar-refractivity contribution in [3.05, 3.63) is 18.0 Å². The predicted octanol–water partition coefficient (Wildman–Crippen LogP) is 6.89. The molecule has 0 unspecified atom stereocenters. The molecule has 1 aromatic rings. The first-order valence-corrected chi connectivity index (χ1v) is 12.1. The lowest BCUT2D eigenvalue weighted by Crippen LogP contribution is -2.35. The van der Waals surface area contributed by atoms with Gasteiger partial charge in [0, 0.05) is 12.7 Å². The fourth-order valence-electron chi connectivity index (χ4n) is 4.31. The molecule has 0 saturated carbocycles. The van der Waals surface area contributed by atoms with Gasteiger partial charge in [-0.3, -0.25) is 4.68 Å². The van der Waals surface area contributed by atoms with Gasteiger partial charge in [0.15, 0.2) is 0 Å². The first-order valence-electron chi connectivity index (χ1n) is 12.1. The highest BCUT2D eigenvalue weighted by atomic mass is 15.3. The van der Waals surface area contributed by atoms with Gasteiger partial charge in [-0.1, -0.05) is 73.1 Å². The second kappa shape index (κ2) is 12.0. The van der Waals surface area contributed by atoms with Crippen molar-refractivity contribution in [1.82, 2.24) is 14.7 Å². The van der Waals surface area contributed by atoms with E-state index in [0.29, 0.717) is 11.3 Å². The number of hydrogen-bond acceptors (Lipinski definition) is 2. The minimum Gasteiger partial charge on any atom is -0.303 e. The zero-order chi connectivity index (χ0) is 20.4. The highest BCUT2D eigenvalue weighted by Crippen LogP contribution is 2.23. The number of unbranched alkanes of at least 4 members (excludes halogenated alkanes) is 6. The van der Waals surface area contributed by atoms with Crippen LogP contribution in [-0.4, -0.2) is 34.3 Å². The first kappa shape index (κ1) is 23.4. The Balaban J connectivity index is 1.45. The Morgan fingerprint density at radius 3 is 2.14 bits per heavy atom. The van der Waals surface area contributed by atoms with Gasteiger partial charge in [0.05, 0.1) is 6.20 Å². The van der Waals surface area contributed by atoms with Gasteiger partial charge in [-0.2, -0.15) is 5.10 Å². The molecular formula is C25H47N3. The molecule has 0 radical (unpaired) electrons. The fraction of sp³-hybridized carbons (Fsp3) is 0.880. The lowest BCUT2D eigenvalue weighted by Gasteiger charge is -2.31. The highest BCUT2D eigenvalue weighted by molar-refractivity contribution is 5.08. The maximum atomic E-state index is 4.56. The van der Waals surface area contributed by atoms with E-state index in [9.17, 15) is 0 Å². The maximum Gasteiger partial charge on any atom is 0.0524 e. The zero-order valence-corrected chi connectivity index (χ0v) is 19.6. The van der Waals surface area contributed by atoms with E-state index < -0.39 is 0 Å². The second-order valence-electron chi connectivity index (χ2n) is 10.7. The number of rotatable bonds is 12. The average Bonchev–Trinajstić information content (AvgIpc) is 3.09.